The van der Waals surface area contributed by atoms with Gasteiger partial charge in [0.25, 0.3) is 0 Å². The number of hydrogen-bond donors (Lipinski definition) is 1. The van der Waals surface area contributed by atoms with E-state index in [0.717, 1.165) is 6.42 Å². The van der Waals surface area contributed by atoms with E-state index in [2.05, 4.69) is 45.2 Å². The third kappa shape index (κ3) is 4.08. The van der Waals surface area contributed by atoms with E-state index in [1.54, 1.807) is 11.3 Å². The fourth-order valence-electron chi connectivity index (χ4n) is 2.30. The van der Waals surface area contributed by atoms with E-state index >= 15 is 0 Å². The molecule has 1 aliphatic rings. The molecular weight excluding hydrogens is 287 g/mol. The Morgan fingerprint density at radius 3 is 2.48 bits per heavy atom. The Bertz CT molecular complexity index is 417. The summed E-state index contributed by atoms with van der Waals surface area (Å²) in [6.45, 7) is 9.14. The van der Waals surface area contributed by atoms with E-state index in [1.165, 1.54) is 4.88 Å². The van der Waals surface area contributed by atoms with Crippen LogP contribution in [0.15, 0.2) is 17.5 Å². The second kappa shape index (κ2) is 6.79. The van der Waals surface area contributed by atoms with Crippen LogP contribution in [0.3, 0.4) is 0 Å². The average molecular weight is 312 g/mol. The SMILES string of the molecule is CC1(C)OB(C(COCCO)Cc2cccs2)OC1(C)C. The lowest BCUT2D eigenvalue weighted by Gasteiger charge is -2.32. The van der Waals surface area contributed by atoms with Gasteiger partial charge in [-0.25, -0.2) is 0 Å². The second-order valence-corrected chi connectivity index (χ2v) is 7.50. The molecule has 2 heterocycles. The molecular formula is C15H25BO4S. The lowest BCUT2D eigenvalue weighted by atomic mass is 9.70. The summed E-state index contributed by atoms with van der Waals surface area (Å²) in [6.07, 6.45) is 0.861. The van der Waals surface area contributed by atoms with Gasteiger partial charge in [-0.3, -0.25) is 0 Å². The Kier molecular flexibility index (Phi) is 5.49. The van der Waals surface area contributed by atoms with E-state index in [9.17, 15) is 0 Å². The summed E-state index contributed by atoms with van der Waals surface area (Å²) in [5.41, 5.74) is -0.662. The fourth-order valence-corrected chi connectivity index (χ4v) is 3.10. The van der Waals surface area contributed by atoms with Crippen LogP contribution < -0.4 is 0 Å². The van der Waals surface area contributed by atoms with Crippen molar-refractivity contribution in [2.75, 3.05) is 19.8 Å². The first-order valence-corrected chi connectivity index (χ1v) is 8.30. The minimum Gasteiger partial charge on any atom is -0.403 e. The van der Waals surface area contributed by atoms with E-state index in [0.29, 0.717) is 13.2 Å². The van der Waals surface area contributed by atoms with Crippen molar-refractivity contribution in [3.8, 4) is 0 Å². The van der Waals surface area contributed by atoms with Crippen molar-refractivity contribution >= 4 is 18.5 Å². The van der Waals surface area contributed by atoms with Gasteiger partial charge in [-0.2, -0.15) is 0 Å². The average Bonchev–Trinajstić information content (AvgIpc) is 2.95. The number of hydrogen-bond acceptors (Lipinski definition) is 5. The van der Waals surface area contributed by atoms with Crippen molar-refractivity contribution in [3.05, 3.63) is 22.4 Å². The molecule has 4 nitrogen and oxygen atoms in total. The highest BCUT2D eigenvalue weighted by Crippen LogP contribution is 2.41. The molecule has 0 spiro atoms. The maximum absolute atomic E-state index is 8.88. The molecule has 21 heavy (non-hydrogen) atoms. The number of rotatable bonds is 7. The maximum Gasteiger partial charge on any atom is 0.463 e. The molecule has 6 heteroatoms. The van der Waals surface area contributed by atoms with Gasteiger partial charge in [0.2, 0.25) is 0 Å². The van der Waals surface area contributed by atoms with Crippen LogP contribution in [0.4, 0.5) is 0 Å². The summed E-state index contributed by atoms with van der Waals surface area (Å²) < 4.78 is 17.8. The summed E-state index contributed by atoms with van der Waals surface area (Å²) in [6, 6.07) is 4.17. The van der Waals surface area contributed by atoms with Crippen molar-refractivity contribution in [1.29, 1.82) is 0 Å². The van der Waals surface area contributed by atoms with Gasteiger partial charge in [0, 0.05) is 17.3 Å². The first-order valence-electron chi connectivity index (χ1n) is 7.42. The predicted molar refractivity (Wildman–Crippen MR) is 85.8 cm³/mol. The number of aliphatic hydroxyl groups is 1. The van der Waals surface area contributed by atoms with Crippen molar-refractivity contribution in [2.45, 2.75) is 51.1 Å². The molecule has 1 saturated heterocycles. The quantitative estimate of drug-likeness (QED) is 0.621. The van der Waals surface area contributed by atoms with Gasteiger partial charge in [-0.1, -0.05) is 6.07 Å². The molecule has 1 atom stereocenters. The van der Waals surface area contributed by atoms with Crippen LogP contribution in [0.25, 0.3) is 0 Å². The first kappa shape index (κ1) is 17.0. The van der Waals surface area contributed by atoms with Crippen molar-refractivity contribution in [1.82, 2.24) is 0 Å². The molecule has 1 unspecified atom stereocenters. The van der Waals surface area contributed by atoms with Crippen molar-refractivity contribution in [3.63, 3.8) is 0 Å². The van der Waals surface area contributed by atoms with Crippen molar-refractivity contribution < 1.29 is 19.2 Å². The van der Waals surface area contributed by atoms with Crippen LogP contribution >= 0.6 is 11.3 Å². The zero-order valence-electron chi connectivity index (χ0n) is 13.3. The summed E-state index contributed by atoms with van der Waals surface area (Å²) in [5, 5.41) is 11.0. The number of ether oxygens (including phenoxy) is 1. The van der Waals surface area contributed by atoms with Crippen molar-refractivity contribution in [2.24, 2.45) is 0 Å². The topological polar surface area (TPSA) is 47.9 Å². The van der Waals surface area contributed by atoms with Crippen LogP contribution in [-0.2, 0) is 20.5 Å². The van der Waals surface area contributed by atoms with E-state index in [1.807, 2.05) is 0 Å². The standard InChI is InChI=1S/C15H25BO4S/c1-14(2)15(3,4)20-16(19-14)12(11-18-8-7-17)10-13-6-5-9-21-13/h5-6,9,12,17H,7-8,10-11H2,1-4H3. The molecule has 0 radical (unpaired) electrons. The number of aliphatic hydroxyl groups excluding tert-OH is 1. The van der Waals surface area contributed by atoms with Gasteiger partial charge in [-0.05, 0) is 45.6 Å². The highest BCUT2D eigenvalue weighted by atomic mass is 32.1. The van der Waals surface area contributed by atoms with Gasteiger partial charge in [0.05, 0.1) is 24.4 Å². The molecule has 1 N–H and O–H groups in total. The molecule has 118 valence electrons. The van der Waals surface area contributed by atoms with Gasteiger partial charge < -0.3 is 19.2 Å². The first-order chi connectivity index (χ1) is 9.86. The van der Waals surface area contributed by atoms with Crippen LogP contribution in [0, 0.1) is 0 Å². The molecule has 1 aliphatic heterocycles. The molecule has 0 aliphatic carbocycles. The zero-order valence-corrected chi connectivity index (χ0v) is 14.1. The molecule has 0 bridgehead atoms. The van der Waals surface area contributed by atoms with Gasteiger partial charge in [-0.15, -0.1) is 11.3 Å². The van der Waals surface area contributed by atoms with Crippen LogP contribution in [-0.4, -0.2) is 43.2 Å². The van der Waals surface area contributed by atoms with E-state index in [-0.39, 0.29) is 30.7 Å². The summed E-state index contributed by atoms with van der Waals surface area (Å²) in [7, 11) is -0.282. The molecule has 1 aromatic rings. The Balaban J connectivity index is 2.05. The Morgan fingerprint density at radius 1 is 1.29 bits per heavy atom. The highest BCUT2D eigenvalue weighted by Gasteiger charge is 2.53. The molecule has 1 fully saturated rings. The van der Waals surface area contributed by atoms with E-state index < -0.39 is 0 Å². The minimum absolute atomic E-state index is 0.0368. The zero-order chi connectivity index (χ0) is 15.5. The molecule has 1 aromatic heterocycles. The van der Waals surface area contributed by atoms with Crippen LogP contribution in [0.5, 0.6) is 0 Å². The van der Waals surface area contributed by atoms with Gasteiger partial charge in [0.15, 0.2) is 0 Å². The smallest absolute Gasteiger partial charge is 0.403 e. The normalized spacial score (nSPS) is 21.7. The fraction of sp³-hybridized carbons (Fsp3) is 0.733. The van der Waals surface area contributed by atoms with Gasteiger partial charge >= 0.3 is 7.12 Å². The molecule has 0 amide bonds. The third-order valence-corrected chi connectivity index (χ3v) is 5.17. The Hall–Kier alpha value is -0.395. The largest absolute Gasteiger partial charge is 0.463 e. The highest BCUT2D eigenvalue weighted by molar-refractivity contribution is 7.09. The lowest BCUT2D eigenvalue weighted by Crippen LogP contribution is -2.41. The molecule has 2 rings (SSSR count). The third-order valence-electron chi connectivity index (χ3n) is 4.27. The molecule has 0 saturated carbocycles. The van der Waals surface area contributed by atoms with Crippen LogP contribution in [0.1, 0.15) is 32.6 Å². The predicted octanol–water partition coefficient (Wildman–Crippen LogP) is 2.76. The van der Waals surface area contributed by atoms with E-state index in [4.69, 9.17) is 19.2 Å². The van der Waals surface area contributed by atoms with Crippen LogP contribution in [0.2, 0.25) is 5.82 Å². The maximum atomic E-state index is 8.88. The summed E-state index contributed by atoms with van der Waals surface area (Å²) >= 11 is 1.73. The summed E-state index contributed by atoms with van der Waals surface area (Å²) in [5.74, 6) is 0.122. The Labute approximate surface area is 131 Å². The number of thiophene rings is 1. The second-order valence-electron chi connectivity index (χ2n) is 6.47. The molecule has 0 aromatic carbocycles. The van der Waals surface area contributed by atoms with Gasteiger partial charge in [0.1, 0.15) is 0 Å². The Morgan fingerprint density at radius 2 is 1.95 bits per heavy atom. The lowest BCUT2D eigenvalue weighted by molar-refractivity contribution is 0.00578. The summed E-state index contributed by atoms with van der Waals surface area (Å²) in [4.78, 5) is 1.29. The monoisotopic (exact) mass is 312 g/mol. The minimum atomic E-state index is -0.331.